The van der Waals surface area contributed by atoms with Gasteiger partial charge in [0.25, 0.3) is 0 Å². The second-order valence-electron chi connectivity index (χ2n) is 16.3. The second-order valence-corrected chi connectivity index (χ2v) is 16.3. The van der Waals surface area contributed by atoms with E-state index in [1.54, 1.807) is 0 Å². The van der Waals surface area contributed by atoms with E-state index >= 15 is 0 Å². The van der Waals surface area contributed by atoms with Gasteiger partial charge in [0, 0.05) is 33.9 Å². The molecule has 0 aliphatic heterocycles. The SMILES string of the molecule is C1=Cc2oc3ccccc3c2C(c2ccc(N(c3ccc(-c4cccc5ccccc45)cc3)c3ccc(C4(c5ccccc5)c5ccccc5-c5ccccc54)cc3)cc2)C1. The molecule has 1 aromatic heterocycles. The zero-order chi connectivity index (χ0) is 40.3. The lowest BCUT2D eigenvalue weighted by atomic mass is 9.68. The van der Waals surface area contributed by atoms with Crippen molar-refractivity contribution >= 4 is 44.9 Å². The molecule has 1 atom stereocenters. The van der Waals surface area contributed by atoms with Crippen LogP contribution in [0.15, 0.2) is 229 Å². The van der Waals surface area contributed by atoms with E-state index in [1.807, 2.05) is 6.07 Å². The highest BCUT2D eigenvalue weighted by Crippen LogP contribution is 2.56. The van der Waals surface area contributed by atoms with Gasteiger partial charge in [0.2, 0.25) is 0 Å². The topological polar surface area (TPSA) is 16.4 Å². The standard InChI is InChI=1S/C59H41NO/c1-2-16-43(17-3-1)59(54-24-9-6-19-51(54)52-20-7-10-25-55(52)59)44-32-38-47(39-33-44)60(45-34-28-41(29-35-45)49-22-12-15-40-14-4-5-18-48(40)49)46-36-30-42(31-37-46)50-23-13-27-57-58(50)53-21-8-11-26-56(53)61-57/h1-22,24-39,50H,23H2. The van der Waals surface area contributed by atoms with Crippen LogP contribution in [-0.2, 0) is 5.41 Å². The van der Waals surface area contributed by atoms with Crippen molar-refractivity contribution in [3.05, 3.63) is 264 Å². The quantitative estimate of drug-likeness (QED) is 0.160. The smallest absolute Gasteiger partial charge is 0.135 e. The Morgan fingerprint density at radius 2 is 0.984 bits per heavy atom. The van der Waals surface area contributed by atoms with Crippen molar-refractivity contribution in [1.82, 2.24) is 0 Å². The Bertz CT molecular complexity index is 3210. The van der Waals surface area contributed by atoms with Gasteiger partial charge >= 0.3 is 0 Å². The Labute approximate surface area is 356 Å². The molecule has 12 rings (SSSR count). The van der Waals surface area contributed by atoms with Gasteiger partial charge in [-0.05, 0) is 116 Å². The van der Waals surface area contributed by atoms with Gasteiger partial charge in [0.1, 0.15) is 11.3 Å². The number of benzene rings is 9. The van der Waals surface area contributed by atoms with Crippen molar-refractivity contribution in [2.45, 2.75) is 17.8 Å². The molecule has 2 heteroatoms. The van der Waals surface area contributed by atoms with Gasteiger partial charge in [0.05, 0.1) is 5.41 Å². The first-order chi connectivity index (χ1) is 30.3. The Morgan fingerprint density at radius 3 is 1.70 bits per heavy atom. The number of nitrogens with zero attached hydrogens (tertiary/aromatic N) is 1. The Hall–Kier alpha value is -7.68. The first kappa shape index (κ1) is 35.3. The third kappa shape index (κ3) is 5.56. The van der Waals surface area contributed by atoms with Crippen LogP contribution in [0.5, 0.6) is 0 Å². The lowest BCUT2D eigenvalue weighted by Crippen LogP contribution is -2.28. The molecule has 0 bridgehead atoms. The number of allylic oxidation sites excluding steroid dienone is 1. The van der Waals surface area contributed by atoms with Crippen LogP contribution in [0.3, 0.4) is 0 Å². The van der Waals surface area contributed by atoms with Gasteiger partial charge in [-0.2, -0.15) is 0 Å². The number of anilines is 3. The third-order valence-corrected chi connectivity index (χ3v) is 13.1. The third-order valence-electron chi connectivity index (χ3n) is 13.1. The predicted octanol–water partition coefficient (Wildman–Crippen LogP) is 15.6. The van der Waals surface area contributed by atoms with Gasteiger partial charge in [0.15, 0.2) is 0 Å². The lowest BCUT2D eigenvalue weighted by Gasteiger charge is -2.34. The van der Waals surface area contributed by atoms with Gasteiger partial charge < -0.3 is 9.32 Å². The molecule has 10 aromatic rings. The molecule has 0 saturated heterocycles. The van der Waals surface area contributed by atoms with Gasteiger partial charge in [-0.15, -0.1) is 0 Å². The molecular formula is C59H41NO. The Kier molecular flexibility index (Phi) is 8.24. The van der Waals surface area contributed by atoms with E-state index in [9.17, 15) is 0 Å². The van der Waals surface area contributed by atoms with E-state index in [0.717, 1.165) is 34.8 Å². The first-order valence-electron chi connectivity index (χ1n) is 21.3. The average molecular weight is 780 g/mol. The minimum absolute atomic E-state index is 0.219. The molecule has 0 saturated carbocycles. The summed E-state index contributed by atoms with van der Waals surface area (Å²) in [7, 11) is 0. The summed E-state index contributed by atoms with van der Waals surface area (Å²) in [5, 5.41) is 3.70. The maximum absolute atomic E-state index is 6.31. The summed E-state index contributed by atoms with van der Waals surface area (Å²) in [6.07, 6.45) is 5.32. The van der Waals surface area contributed by atoms with Crippen molar-refractivity contribution in [1.29, 1.82) is 0 Å². The molecule has 1 heterocycles. The fraction of sp³-hybridized carbons (Fsp3) is 0.0508. The summed E-state index contributed by atoms with van der Waals surface area (Å²) in [6, 6.07) is 80.1. The highest BCUT2D eigenvalue weighted by Gasteiger charge is 2.45. The van der Waals surface area contributed by atoms with Crippen LogP contribution in [0.2, 0.25) is 0 Å². The molecule has 0 fully saturated rings. The molecule has 0 N–H and O–H groups in total. The lowest BCUT2D eigenvalue weighted by molar-refractivity contribution is 0.589. The number of hydrogen-bond acceptors (Lipinski definition) is 2. The number of hydrogen-bond donors (Lipinski definition) is 0. The van der Waals surface area contributed by atoms with Crippen molar-refractivity contribution in [3.8, 4) is 22.3 Å². The van der Waals surface area contributed by atoms with E-state index in [2.05, 4.69) is 229 Å². The molecule has 9 aromatic carbocycles. The van der Waals surface area contributed by atoms with Gasteiger partial charge in [-0.3, -0.25) is 0 Å². The van der Waals surface area contributed by atoms with Crippen LogP contribution >= 0.6 is 0 Å². The summed E-state index contributed by atoms with van der Waals surface area (Å²) in [4.78, 5) is 2.39. The van der Waals surface area contributed by atoms with Crippen LogP contribution in [0.1, 0.15) is 51.5 Å². The van der Waals surface area contributed by atoms with E-state index < -0.39 is 5.41 Å². The Balaban J connectivity index is 0.984. The zero-order valence-corrected chi connectivity index (χ0v) is 33.6. The number of rotatable bonds is 7. The maximum atomic E-state index is 6.31. The van der Waals surface area contributed by atoms with Crippen molar-refractivity contribution in [2.75, 3.05) is 4.90 Å². The molecule has 2 aliphatic rings. The van der Waals surface area contributed by atoms with E-state index in [1.165, 1.54) is 71.8 Å². The monoisotopic (exact) mass is 779 g/mol. The molecule has 288 valence electrons. The highest BCUT2D eigenvalue weighted by atomic mass is 16.3. The van der Waals surface area contributed by atoms with E-state index in [0.29, 0.717) is 0 Å². The predicted molar refractivity (Wildman–Crippen MR) is 253 cm³/mol. The van der Waals surface area contributed by atoms with Crippen molar-refractivity contribution in [3.63, 3.8) is 0 Å². The summed E-state index contributed by atoms with van der Waals surface area (Å²) in [6.45, 7) is 0. The fourth-order valence-corrected chi connectivity index (χ4v) is 10.4. The molecule has 0 spiro atoms. The summed E-state index contributed by atoms with van der Waals surface area (Å²) in [5.41, 5.74) is 16.5. The maximum Gasteiger partial charge on any atom is 0.135 e. The molecule has 1 unspecified atom stereocenters. The van der Waals surface area contributed by atoms with E-state index in [-0.39, 0.29) is 5.92 Å². The molecular weight excluding hydrogens is 739 g/mol. The normalized spacial score (nSPS) is 14.7. The van der Waals surface area contributed by atoms with Gasteiger partial charge in [-0.1, -0.05) is 182 Å². The minimum Gasteiger partial charge on any atom is -0.456 e. The summed E-state index contributed by atoms with van der Waals surface area (Å²) in [5.74, 6) is 1.19. The highest BCUT2D eigenvalue weighted by molar-refractivity contribution is 5.97. The molecule has 61 heavy (non-hydrogen) atoms. The second kappa shape index (κ2) is 14.3. The molecule has 2 nitrogen and oxygen atoms in total. The summed E-state index contributed by atoms with van der Waals surface area (Å²) >= 11 is 0. The van der Waals surface area contributed by atoms with Crippen molar-refractivity contribution < 1.29 is 4.42 Å². The Morgan fingerprint density at radius 1 is 0.443 bits per heavy atom. The number of fused-ring (bicyclic) bond motifs is 7. The van der Waals surface area contributed by atoms with Crippen LogP contribution in [0.4, 0.5) is 17.1 Å². The largest absolute Gasteiger partial charge is 0.456 e. The summed E-state index contributed by atoms with van der Waals surface area (Å²) < 4.78 is 6.31. The molecule has 0 radical (unpaired) electrons. The average Bonchev–Trinajstić information content (AvgIpc) is 3.87. The van der Waals surface area contributed by atoms with E-state index in [4.69, 9.17) is 4.42 Å². The van der Waals surface area contributed by atoms with Crippen LogP contribution in [0.25, 0.3) is 50.1 Å². The number of para-hydroxylation sites is 1. The molecule has 0 amide bonds. The van der Waals surface area contributed by atoms with Crippen LogP contribution < -0.4 is 4.90 Å². The number of furan rings is 1. The molecule has 2 aliphatic carbocycles. The zero-order valence-electron chi connectivity index (χ0n) is 33.6. The van der Waals surface area contributed by atoms with Crippen LogP contribution in [-0.4, -0.2) is 0 Å². The van der Waals surface area contributed by atoms with Crippen LogP contribution in [0, 0.1) is 0 Å². The first-order valence-corrected chi connectivity index (χ1v) is 21.3. The van der Waals surface area contributed by atoms with Gasteiger partial charge in [-0.25, -0.2) is 0 Å². The van der Waals surface area contributed by atoms with Crippen molar-refractivity contribution in [2.24, 2.45) is 0 Å². The minimum atomic E-state index is -0.454. The fourth-order valence-electron chi connectivity index (χ4n) is 10.4.